The van der Waals surface area contributed by atoms with Gasteiger partial charge in [0.05, 0.1) is 0 Å². The van der Waals surface area contributed by atoms with Gasteiger partial charge in [-0.15, -0.1) is 0 Å². The van der Waals surface area contributed by atoms with Gasteiger partial charge in [-0.25, -0.2) is 4.98 Å². The number of hydrogen-bond acceptors (Lipinski definition) is 2. The minimum Gasteiger partial charge on any atom is -0.307 e. The number of aryl methyl sites for hydroxylation is 1. The Morgan fingerprint density at radius 2 is 2.00 bits per heavy atom. The Balaban J connectivity index is 2.17. The van der Waals surface area contributed by atoms with Crippen LogP contribution < -0.4 is 5.32 Å². The van der Waals surface area contributed by atoms with Crippen LogP contribution >= 0.6 is 22.6 Å². The van der Waals surface area contributed by atoms with Crippen LogP contribution in [0, 0.1) is 10.5 Å². The van der Waals surface area contributed by atoms with Crippen LogP contribution in [0.3, 0.4) is 0 Å². The number of rotatable bonds is 2. The molecular weight excluding hydrogens is 327 g/mol. The molecule has 0 unspecified atom stereocenters. The maximum absolute atomic E-state index is 12.0. The molecule has 1 amide bonds. The van der Waals surface area contributed by atoms with E-state index in [1.54, 1.807) is 18.3 Å². The van der Waals surface area contributed by atoms with Crippen molar-refractivity contribution in [2.45, 2.75) is 6.92 Å². The third-order valence-electron chi connectivity index (χ3n) is 2.36. The van der Waals surface area contributed by atoms with E-state index in [2.05, 4.69) is 32.9 Å². The average molecular weight is 338 g/mol. The number of aromatic nitrogens is 1. The molecule has 0 aliphatic heterocycles. The summed E-state index contributed by atoms with van der Waals surface area (Å²) in [5.41, 5.74) is 1.63. The normalized spacial score (nSPS) is 10.0. The highest BCUT2D eigenvalue weighted by Gasteiger charge is 2.08. The highest BCUT2D eigenvalue weighted by molar-refractivity contribution is 14.1. The van der Waals surface area contributed by atoms with Crippen molar-refractivity contribution < 1.29 is 4.79 Å². The summed E-state index contributed by atoms with van der Waals surface area (Å²) in [7, 11) is 0. The SMILES string of the molecule is Cc1ccccc1C(=O)Nc1ccc(I)cn1. The van der Waals surface area contributed by atoms with Crippen molar-refractivity contribution in [1.29, 1.82) is 0 Å². The molecular formula is C13H11IN2O. The summed E-state index contributed by atoms with van der Waals surface area (Å²) in [5, 5.41) is 2.77. The van der Waals surface area contributed by atoms with E-state index in [0.717, 1.165) is 9.13 Å². The van der Waals surface area contributed by atoms with Gasteiger partial charge in [-0.1, -0.05) is 18.2 Å². The molecule has 4 heteroatoms. The predicted octanol–water partition coefficient (Wildman–Crippen LogP) is 3.25. The van der Waals surface area contributed by atoms with E-state index in [4.69, 9.17) is 0 Å². The molecule has 1 heterocycles. The highest BCUT2D eigenvalue weighted by atomic mass is 127. The first kappa shape index (κ1) is 12.0. The number of benzene rings is 1. The van der Waals surface area contributed by atoms with Crippen LogP contribution in [-0.2, 0) is 0 Å². The summed E-state index contributed by atoms with van der Waals surface area (Å²) in [6.07, 6.45) is 1.72. The minimum atomic E-state index is -0.128. The topological polar surface area (TPSA) is 42.0 Å². The van der Waals surface area contributed by atoms with Crippen molar-refractivity contribution in [3.8, 4) is 0 Å². The molecule has 1 aromatic heterocycles. The van der Waals surface area contributed by atoms with E-state index in [1.165, 1.54) is 0 Å². The Kier molecular flexibility index (Phi) is 3.73. The first-order valence-electron chi connectivity index (χ1n) is 5.15. The first-order valence-corrected chi connectivity index (χ1v) is 6.23. The van der Waals surface area contributed by atoms with E-state index in [1.807, 2.05) is 31.2 Å². The van der Waals surface area contributed by atoms with Crippen molar-refractivity contribution in [2.24, 2.45) is 0 Å². The third kappa shape index (κ3) is 3.03. The number of carbonyl (C=O) groups excluding carboxylic acids is 1. The van der Waals surface area contributed by atoms with Gasteiger partial charge < -0.3 is 5.32 Å². The van der Waals surface area contributed by atoms with Gasteiger partial charge in [0.1, 0.15) is 5.82 Å². The van der Waals surface area contributed by atoms with Gasteiger partial charge in [0.2, 0.25) is 0 Å². The van der Waals surface area contributed by atoms with Crippen LogP contribution in [0.15, 0.2) is 42.6 Å². The van der Waals surface area contributed by atoms with Crippen LogP contribution in [0.1, 0.15) is 15.9 Å². The van der Waals surface area contributed by atoms with Gasteiger partial charge in [0.25, 0.3) is 5.91 Å². The van der Waals surface area contributed by atoms with Gasteiger partial charge in [0, 0.05) is 15.3 Å². The number of nitrogens with zero attached hydrogens (tertiary/aromatic N) is 1. The smallest absolute Gasteiger partial charge is 0.257 e. The lowest BCUT2D eigenvalue weighted by Gasteiger charge is -2.06. The van der Waals surface area contributed by atoms with E-state index in [-0.39, 0.29) is 5.91 Å². The first-order chi connectivity index (χ1) is 8.16. The molecule has 0 saturated carbocycles. The molecule has 0 aliphatic carbocycles. The molecule has 1 N–H and O–H groups in total. The van der Waals surface area contributed by atoms with Crippen LogP contribution in [0.25, 0.3) is 0 Å². The monoisotopic (exact) mass is 338 g/mol. The van der Waals surface area contributed by atoms with E-state index >= 15 is 0 Å². The van der Waals surface area contributed by atoms with Gasteiger partial charge >= 0.3 is 0 Å². The lowest BCUT2D eigenvalue weighted by molar-refractivity contribution is 0.102. The van der Waals surface area contributed by atoms with Crippen molar-refractivity contribution in [2.75, 3.05) is 5.32 Å². The standard InChI is InChI=1S/C13H11IN2O/c1-9-4-2-3-5-11(9)13(17)16-12-7-6-10(14)8-15-12/h2-8H,1H3,(H,15,16,17). The quantitative estimate of drug-likeness (QED) is 0.854. The molecule has 0 radical (unpaired) electrons. The van der Waals surface area contributed by atoms with Gasteiger partial charge in [0.15, 0.2) is 0 Å². The molecule has 0 atom stereocenters. The molecule has 17 heavy (non-hydrogen) atoms. The fourth-order valence-electron chi connectivity index (χ4n) is 1.46. The van der Waals surface area contributed by atoms with Crippen molar-refractivity contribution in [3.63, 3.8) is 0 Å². The second-order valence-electron chi connectivity index (χ2n) is 3.63. The summed E-state index contributed by atoms with van der Waals surface area (Å²) in [5.74, 6) is 0.440. The number of pyridine rings is 1. The zero-order valence-electron chi connectivity index (χ0n) is 9.27. The number of anilines is 1. The molecule has 0 spiro atoms. The Bertz CT molecular complexity index is 537. The molecule has 3 nitrogen and oxygen atoms in total. The zero-order chi connectivity index (χ0) is 12.3. The largest absolute Gasteiger partial charge is 0.307 e. The fraction of sp³-hybridized carbons (Fsp3) is 0.0769. The number of halogens is 1. The Labute approximate surface area is 113 Å². The third-order valence-corrected chi connectivity index (χ3v) is 3.00. The van der Waals surface area contributed by atoms with Gasteiger partial charge in [-0.05, 0) is 53.3 Å². The Morgan fingerprint density at radius 3 is 2.65 bits per heavy atom. The molecule has 0 aliphatic rings. The van der Waals surface area contributed by atoms with Crippen molar-refractivity contribution in [3.05, 3.63) is 57.3 Å². The summed E-state index contributed by atoms with van der Waals surface area (Å²) < 4.78 is 1.04. The predicted molar refractivity (Wildman–Crippen MR) is 76.1 cm³/mol. The summed E-state index contributed by atoms with van der Waals surface area (Å²) in [4.78, 5) is 16.1. The molecule has 0 bridgehead atoms. The number of amides is 1. The number of nitrogens with one attached hydrogen (secondary N) is 1. The number of hydrogen-bond donors (Lipinski definition) is 1. The molecule has 0 fully saturated rings. The zero-order valence-corrected chi connectivity index (χ0v) is 11.4. The van der Waals surface area contributed by atoms with E-state index < -0.39 is 0 Å². The summed E-state index contributed by atoms with van der Waals surface area (Å²) in [6.45, 7) is 1.91. The molecule has 0 saturated heterocycles. The van der Waals surface area contributed by atoms with Crippen LogP contribution in [0.2, 0.25) is 0 Å². The second kappa shape index (κ2) is 5.27. The Morgan fingerprint density at radius 1 is 1.24 bits per heavy atom. The minimum absolute atomic E-state index is 0.128. The van der Waals surface area contributed by atoms with Crippen LogP contribution in [0.5, 0.6) is 0 Å². The van der Waals surface area contributed by atoms with Crippen LogP contribution in [0.4, 0.5) is 5.82 Å². The lowest BCUT2D eigenvalue weighted by atomic mass is 10.1. The fourth-order valence-corrected chi connectivity index (χ4v) is 1.78. The number of carbonyl (C=O) groups is 1. The molecule has 2 aromatic rings. The average Bonchev–Trinajstić information content (AvgIpc) is 2.32. The van der Waals surface area contributed by atoms with Crippen molar-refractivity contribution >= 4 is 34.3 Å². The summed E-state index contributed by atoms with van der Waals surface area (Å²) >= 11 is 2.17. The molecule has 1 aromatic carbocycles. The lowest BCUT2D eigenvalue weighted by Crippen LogP contribution is -2.14. The van der Waals surface area contributed by atoms with Crippen LogP contribution in [-0.4, -0.2) is 10.9 Å². The molecule has 86 valence electrons. The van der Waals surface area contributed by atoms with Gasteiger partial charge in [-0.3, -0.25) is 4.79 Å². The van der Waals surface area contributed by atoms with E-state index in [0.29, 0.717) is 11.4 Å². The second-order valence-corrected chi connectivity index (χ2v) is 4.88. The highest BCUT2D eigenvalue weighted by Crippen LogP contribution is 2.11. The van der Waals surface area contributed by atoms with Gasteiger partial charge in [-0.2, -0.15) is 0 Å². The van der Waals surface area contributed by atoms with E-state index in [9.17, 15) is 4.79 Å². The maximum Gasteiger partial charge on any atom is 0.257 e. The molecule has 2 rings (SSSR count). The summed E-state index contributed by atoms with van der Waals surface area (Å²) in [6, 6.07) is 11.2. The Hall–Kier alpha value is -1.43. The maximum atomic E-state index is 12.0. The van der Waals surface area contributed by atoms with Crippen molar-refractivity contribution in [1.82, 2.24) is 4.98 Å².